The molecule has 4 nitrogen and oxygen atoms in total. The van der Waals surface area contributed by atoms with Gasteiger partial charge in [-0.1, -0.05) is 0 Å². The highest BCUT2D eigenvalue weighted by Crippen LogP contribution is 2.33. The lowest BCUT2D eigenvalue weighted by molar-refractivity contribution is -0.0857. The van der Waals surface area contributed by atoms with Crippen LogP contribution in [0.2, 0.25) is 0 Å². The summed E-state index contributed by atoms with van der Waals surface area (Å²) < 4.78 is 7.31. The van der Waals surface area contributed by atoms with Gasteiger partial charge in [-0.05, 0) is 44.8 Å². The first-order chi connectivity index (χ1) is 8.51. The van der Waals surface area contributed by atoms with E-state index in [0.29, 0.717) is 18.0 Å². The minimum Gasteiger partial charge on any atom is -0.394 e. The number of carbonyl (C=O) groups is 1. The van der Waals surface area contributed by atoms with Crippen molar-refractivity contribution in [3.8, 4) is 0 Å². The third kappa shape index (κ3) is 3.14. The fourth-order valence-corrected chi connectivity index (χ4v) is 3.92. The molecule has 1 aromatic rings. The molecule has 100 valence electrons. The van der Waals surface area contributed by atoms with Crippen LogP contribution in [0, 0.1) is 0 Å². The summed E-state index contributed by atoms with van der Waals surface area (Å²) in [4.78, 5) is 14.7. The van der Waals surface area contributed by atoms with Gasteiger partial charge < -0.3 is 14.7 Å². The van der Waals surface area contributed by atoms with Crippen LogP contribution in [-0.4, -0.2) is 47.8 Å². The number of thiophene rings is 1. The lowest BCUT2D eigenvalue weighted by Gasteiger charge is -2.35. The van der Waals surface area contributed by atoms with Gasteiger partial charge in [0.15, 0.2) is 0 Å². The zero-order chi connectivity index (χ0) is 13.3. The average Bonchev–Trinajstić information content (AvgIpc) is 2.68. The molecule has 1 fully saturated rings. The Kier molecular flexibility index (Phi) is 4.82. The Bertz CT molecular complexity index is 432. The van der Waals surface area contributed by atoms with Crippen molar-refractivity contribution in [2.24, 2.45) is 0 Å². The van der Waals surface area contributed by atoms with Crippen molar-refractivity contribution in [2.75, 3.05) is 19.7 Å². The van der Waals surface area contributed by atoms with Crippen LogP contribution in [0.15, 0.2) is 14.3 Å². The smallest absolute Gasteiger partial charge is 0.264 e. The fourth-order valence-electron chi connectivity index (χ4n) is 1.92. The number of hydrogen-bond acceptors (Lipinski definition) is 4. The molecule has 1 N–H and O–H groups in total. The van der Waals surface area contributed by atoms with E-state index in [-0.39, 0.29) is 24.7 Å². The van der Waals surface area contributed by atoms with E-state index in [4.69, 9.17) is 9.84 Å². The lowest BCUT2D eigenvalue weighted by Crippen LogP contribution is -2.50. The Labute approximate surface area is 126 Å². The first kappa shape index (κ1) is 14.5. The Morgan fingerprint density at radius 3 is 2.89 bits per heavy atom. The van der Waals surface area contributed by atoms with Crippen molar-refractivity contribution in [1.29, 1.82) is 0 Å². The normalized spacial score (nSPS) is 24.3. The van der Waals surface area contributed by atoms with Gasteiger partial charge in [-0.15, -0.1) is 11.3 Å². The molecule has 1 aromatic heterocycles. The highest BCUT2D eigenvalue weighted by atomic mass is 79.9. The van der Waals surface area contributed by atoms with Crippen molar-refractivity contribution in [3.63, 3.8) is 0 Å². The molecule has 7 heteroatoms. The van der Waals surface area contributed by atoms with E-state index in [1.807, 2.05) is 13.0 Å². The molecule has 1 saturated heterocycles. The summed E-state index contributed by atoms with van der Waals surface area (Å²) in [7, 11) is 0. The van der Waals surface area contributed by atoms with Crippen LogP contribution >= 0.6 is 43.2 Å². The molecular weight excluding hydrogens is 386 g/mol. The molecule has 0 spiro atoms. The Balaban J connectivity index is 2.13. The maximum Gasteiger partial charge on any atom is 0.264 e. The number of morpholine rings is 1. The van der Waals surface area contributed by atoms with Crippen LogP contribution in [0.5, 0.6) is 0 Å². The molecule has 1 aliphatic rings. The minimum atomic E-state index is -0.287. The largest absolute Gasteiger partial charge is 0.394 e. The van der Waals surface area contributed by atoms with E-state index >= 15 is 0 Å². The first-order valence-corrected chi connectivity index (χ1v) is 7.92. The average molecular weight is 399 g/mol. The van der Waals surface area contributed by atoms with Crippen molar-refractivity contribution in [3.05, 3.63) is 19.2 Å². The number of ether oxygens (including phenoxy) is 1. The van der Waals surface area contributed by atoms with E-state index in [0.717, 1.165) is 8.26 Å². The van der Waals surface area contributed by atoms with Gasteiger partial charge in [0, 0.05) is 17.6 Å². The summed E-state index contributed by atoms with van der Waals surface area (Å²) in [6, 6.07) is 1.81. The van der Waals surface area contributed by atoms with Gasteiger partial charge >= 0.3 is 0 Å². The van der Waals surface area contributed by atoms with Gasteiger partial charge in [0.25, 0.3) is 5.91 Å². The number of nitrogens with zero attached hydrogens (tertiary/aromatic N) is 1. The summed E-state index contributed by atoms with van der Waals surface area (Å²) in [5.41, 5.74) is 0. The monoisotopic (exact) mass is 397 g/mol. The third-order valence-electron chi connectivity index (χ3n) is 2.67. The molecule has 2 unspecified atom stereocenters. The highest BCUT2D eigenvalue weighted by Gasteiger charge is 2.29. The summed E-state index contributed by atoms with van der Waals surface area (Å²) in [5.74, 6) is -0.0139. The molecule has 18 heavy (non-hydrogen) atoms. The molecule has 1 aliphatic heterocycles. The maximum atomic E-state index is 12.3. The van der Waals surface area contributed by atoms with Crippen LogP contribution in [0.4, 0.5) is 0 Å². The van der Waals surface area contributed by atoms with E-state index < -0.39 is 0 Å². The quantitative estimate of drug-likeness (QED) is 0.832. The number of aliphatic hydroxyl groups excluding tert-OH is 1. The Hall–Kier alpha value is 0.0500. The number of carbonyl (C=O) groups excluding carboxylic acids is 1. The van der Waals surface area contributed by atoms with Gasteiger partial charge in [0.2, 0.25) is 0 Å². The predicted octanol–water partition coefficient (Wildman–Crippen LogP) is 2.49. The molecule has 0 bridgehead atoms. The number of halogens is 2. The van der Waals surface area contributed by atoms with Gasteiger partial charge in [-0.25, -0.2) is 0 Å². The molecule has 2 heterocycles. The van der Waals surface area contributed by atoms with E-state index in [2.05, 4.69) is 31.9 Å². The number of hydrogen-bond donors (Lipinski definition) is 1. The van der Waals surface area contributed by atoms with Crippen LogP contribution < -0.4 is 0 Å². The lowest BCUT2D eigenvalue weighted by atomic mass is 10.2. The van der Waals surface area contributed by atoms with Crippen molar-refractivity contribution >= 4 is 49.1 Å². The van der Waals surface area contributed by atoms with E-state index in [1.165, 1.54) is 11.3 Å². The molecule has 0 radical (unpaired) electrons. The van der Waals surface area contributed by atoms with Gasteiger partial charge in [0.05, 0.1) is 27.5 Å². The third-order valence-corrected chi connectivity index (χ3v) is 5.92. The Morgan fingerprint density at radius 2 is 2.33 bits per heavy atom. The number of rotatable bonds is 2. The molecule has 0 saturated carbocycles. The molecule has 0 aliphatic carbocycles. The topological polar surface area (TPSA) is 49.8 Å². The van der Waals surface area contributed by atoms with Crippen molar-refractivity contribution in [2.45, 2.75) is 19.1 Å². The fraction of sp³-hybridized carbons (Fsp3) is 0.545. The standard InChI is InChI=1S/C11H13Br2NO3S/c1-6-3-14(4-7(5-15)17-6)11(16)9-2-8(12)10(13)18-9/h2,6-7,15H,3-5H2,1H3. The first-order valence-electron chi connectivity index (χ1n) is 5.51. The number of aliphatic hydroxyl groups is 1. The van der Waals surface area contributed by atoms with Crippen LogP contribution in [0.25, 0.3) is 0 Å². The molecular formula is C11H13Br2NO3S. The molecule has 1 amide bonds. The van der Waals surface area contributed by atoms with Crippen molar-refractivity contribution in [1.82, 2.24) is 4.90 Å². The zero-order valence-electron chi connectivity index (χ0n) is 9.73. The van der Waals surface area contributed by atoms with Crippen LogP contribution in [0.1, 0.15) is 16.6 Å². The predicted molar refractivity (Wildman–Crippen MR) is 77.0 cm³/mol. The van der Waals surface area contributed by atoms with E-state index in [9.17, 15) is 4.79 Å². The minimum absolute atomic E-state index is 0.0139. The second-order valence-electron chi connectivity index (χ2n) is 4.19. The Morgan fingerprint density at radius 1 is 1.61 bits per heavy atom. The summed E-state index contributed by atoms with van der Waals surface area (Å²) in [6.45, 7) is 2.84. The van der Waals surface area contributed by atoms with Crippen molar-refractivity contribution < 1.29 is 14.6 Å². The van der Waals surface area contributed by atoms with Gasteiger partial charge in [0.1, 0.15) is 0 Å². The zero-order valence-corrected chi connectivity index (χ0v) is 13.7. The van der Waals surface area contributed by atoms with Gasteiger partial charge in [-0.3, -0.25) is 4.79 Å². The molecule has 0 aromatic carbocycles. The van der Waals surface area contributed by atoms with Crippen LogP contribution in [-0.2, 0) is 4.74 Å². The molecule has 2 rings (SSSR count). The molecule has 2 atom stereocenters. The van der Waals surface area contributed by atoms with E-state index in [1.54, 1.807) is 4.90 Å². The number of amides is 1. The second-order valence-corrected chi connectivity index (χ2v) is 7.42. The SMILES string of the molecule is CC1CN(C(=O)c2cc(Br)c(Br)s2)CC(CO)O1. The second kappa shape index (κ2) is 6.00. The summed E-state index contributed by atoms with van der Waals surface area (Å²) in [5, 5.41) is 9.15. The highest BCUT2D eigenvalue weighted by molar-refractivity contribution is 9.13. The summed E-state index contributed by atoms with van der Waals surface area (Å²) in [6.07, 6.45) is -0.337. The summed E-state index contributed by atoms with van der Waals surface area (Å²) >= 11 is 8.16. The maximum absolute atomic E-state index is 12.3. The van der Waals surface area contributed by atoms with Gasteiger partial charge in [-0.2, -0.15) is 0 Å². The van der Waals surface area contributed by atoms with Crippen LogP contribution in [0.3, 0.4) is 0 Å².